The number of ether oxygens (including phenoxy) is 4. The van der Waals surface area contributed by atoms with Gasteiger partial charge < -0.3 is 18.9 Å². The van der Waals surface area contributed by atoms with E-state index in [4.69, 9.17) is 23.9 Å². The van der Waals surface area contributed by atoms with E-state index in [2.05, 4.69) is 43.1 Å². The number of benzene rings is 2. The van der Waals surface area contributed by atoms with Crippen LogP contribution in [0.1, 0.15) is 43.9 Å². The summed E-state index contributed by atoms with van der Waals surface area (Å²) < 4.78 is 24.1. The molecule has 0 aliphatic carbocycles. The molecule has 0 spiro atoms. The van der Waals surface area contributed by atoms with E-state index in [1.165, 1.54) is 0 Å². The molecule has 1 aliphatic heterocycles. The van der Waals surface area contributed by atoms with E-state index in [0.717, 1.165) is 89.4 Å². The molecule has 0 amide bonds. The Bertz CT molecular complexity index is 1340. The van der Waals surface area contributed by atoms with Crippen LogP contribution in [0.5, 0.6) is 17.2 Å². The SMILES string of the molecule is CCCCOc1c(C)c(COc2cccc(OCC3CCOCC3)c2)nc2ccc(-c3cccnc3)cc12. The van der Waals surface area contributed by atoms with Gasteiger partial charge in [-0.3, -0.25) is 4.98 Å². The largest absolute Gasteiger partial charge is 0.493 e. The van der Waals surface area contributed by atoms with Crippen molar-refractivity contribution in [1.82, 2.24) is 9.97 Å². The van der Waals surface area contributed by atoms with Crippen LogP contribution in [0.3, 0.4) is 0 Å². The standard InChI is InChI=1S/C32H36N2O4/c1-3-4-15-36-32-23(2)31(34-30-11-10-25(18-29(30)32)26-7-6-14-33-20-26)22-38-28-9-5-8-27(19-28)37-21-24-12-16-35-17-13-24/h5-11,14,18-20,24H,3-4,12-13,15-17,21-22H2,1-2H3. The maximum atomic E-state index is 6.34. The minimum atomic E-state index is 0.347. The zero-order valence-electron chi connectivity index (χ0n) is 22.3. The molecule has 0 saturated carbocycles. The topological polar surface area (TPSA) is 62.7 Å². The van der Waals surface area contributed by atoms with Crippen molar-refractivity contribution in [3.05, 3.63) is 78.2 Å². The first-order valence-corrected chi connectivity index (χ1v) is 13.6. The Morgan fingerprint density at radius 1 is 0.921 bits per heavy atom. The smallest absolute Gasteiger partial charge is 0.133 e. The minimum Gasteiger partial charge on any atom is -0.493 e. The van der Waals surface area contributed by atoms with E-state index in [-0.39, 0.29) is 0 Å². The summed E-state index contributed by atoms with van der Waals surface area (Å²) in [5, 5.41) is 1.01. The zero-order chi connectivity index (χ0) is 26.2. The number of fused-ring (bicyclic) bond motifs is 1. The Hall–Kier alpha value is -3.64. The van der Waals surface area contributed by atoms with Crippen molar-refractivity contribution < 1.29 is 18.9 Å². The lowest BCUT2D eigenvalue weighted by Gasteiger charge is -2.22. The Labute approximate surface area is 224 Å². The number of rotatable bonds is 11. The molecule has 2 aromatic carbocycles. The molecule has 1 saturated heterocycles. The highest BCUT2D eigenvalue weighted by atomic mass is 16.5. The van der Waals surface area contributed by atoms with Crippen molar-refractivity contribution in [2.75, 3.05) is 26.4 Å². The van der Waals surface area contributed by atoms with Crippen molar-refractivity contribution in [2.45, 2.75) is 46.1 Å². The quantitative estimate of drug-likeness (QED) is 0.199. The van der Waals surface area contributed by atoms with E-state index in [1.54, 1.807) is 6.20 Å². The second kappa shape index (κ2) is 12.7. The fraction of sp³-hybridized carbons (Fsp3) is 0.375. The maximum absolute atomic E-state index is 6.34. The van der Waals surface area contributed by atoms with Gasteiger partial charge >= 0.3 is 0 Å². The summed E-state index contributed by atoms with van der Waals surface area (Å²) in [4.78, 5) is 9.24. The van der Waals surface area contributed by atoms with Crippen molar-refractivity contribution in [2.24, 2.45) is 5.92 Å². The molecule has 0 bridgehead atoms. The molecule has 0 unspecified atom stereocenters. The van der Waals surface area contributed by atoms with Gasteiger partial charge in [0.15, 0.2) is 0 Å². The summed E-state index contributed by atoms with van der Waals surface area (Å²) in [6, 6.07) is 18.2. The van der Waals surface area contributed by atoms with Crippen LogP contribution in [0.2, 0.25) is 0 Å². The lowest BCUT2D eigenvalue weighted by atomic mass is 10.0. The average molecular weight is 513 g/mol. The van der Waals surface area contributed by atoms with E-state index in [1.807, 2.05) is 36.5 Å². The van der Waals surface area contributed by atoms with Gasteiger partial charge in [-0.1, -0.05) is 31.5 Å². The molecule has 38 heavy (non-hydrogen) atoms. The lowest BCUT2D eigenvalue weighted by Crippen LogP contribution is -2.21. The molecule has 0 atom stereocenters. The van der Waals surface area contributed by atoms with Crippen LogP contribution in [-0.2, 0) is 11.3 Å². The van der Waals surface area contributed by atoms with Crippen LogP contribution in [-0.4, -0.2) is 36.4 Å². The molecular weight excluding hydrogens is 476 g/mol. The molecule has 3 heterocycles. The van der Waals surface area contributed by atoms with E-state index in [0.29, 0.717) is 25.7 Å². The molecule has 198 valence electrons. The first kappa shape index (κ1) is 26.0. The van der Waals surface area contributed by atoms with Gasteiger partial charge in [-0.15, -0.1) is 0 Å². The van der Waals surface area contributed by atoms with E-state index < -0.39 is 0 Å². The number of unbranched alkanes of at least 4 members (excludes halogenated alkanes) is 1. The second-order valence-corrected chi connectivity index (χ2v) is 9.82. The molecule has 1 aliphatic rings. The summed E-state index contributed by atoms with van der Waals surface area (Å²) >= 11 is 0. The predicted molar refractivity (Wildman–Crippen MR) is 150 cm³/mol. The highest BCUT2D eigenvalue weighted by Crippen LogP contribution is 2.34. The van der Waals surface area contributed by atoms with Crippen LogP contribution in [0, 0.1) is 12.8 Å². The third kappa shape index (κ3) is 6.43. The number of nitrogens with zero attached hydrogens (tertiary/aromatic N) is 2. The van der Waals surface area contributed by atoms with Crippen LogP contribution in [0.4, 0.5) is 0 Å². The molecule has 0 N–H and O–H groups in total. The Kier molecular flexibility index (Phi) is 8.71. The Morgan fingerprint density at radius 2 is 1.76 bits per heavy atom. The van der Waals surface area contributed by atoms with E-state index in [9.17, 15) is 0 Å². The fourth-order valence-corrected chi connectivity index (χ4v) is 4.67. The van der Waals surface area contributed by atoms with Gasteiger partial charge in [0.1, 0.15) is 23.9 Å². The third-order valence-corrected chi connectivity index (χ3v) is 7.02. The van der Waals surface area contributed by atoms with E-state index >= 15 is 0 Å². The van der Waals surface area contributed by atoms with Crippen molar-refractivity contribution in [1.29, 1.82) is 0 Å². The minimum absolute atomic E-state index is 0.347. The summed E-state index contributed by atoms with van der Waals surface area (Å²) in [6.07, 6.45) is 7.84. The van der Waals surface area contributed by atoms with Crippen LogP contribution in [0.15, 0.2) is 67.0 Å². The first-order chi connectivity index (χ1) is 18.7. The van der Waals surface area contributed by atoms with Crippen molar-refractivity contribution >= 4 is 10.9 Å². The number of pyridine rings is 2. The summed E-state index contributed by atoms with van der Waals surface area (Å²) in [5.41, 5.74) is 4.92. The Balaban J connectivity index is 1.35. The van der Waals surface area contributed by atoms with Crippen molar-refractivity contribution in [3.63, 3.8) is 0 Å². The van der Waals surface area contributed by atoms with Gasteiger partial charge in [0.25, 0.3) is 0 Å². The highest BCUT2D eigenvalue weighted by Gasteiger charge is 2.16. The van der Waals surface area contributed by atoms with Gasteiger partial charge in [-0.2, -0.15) is 0 Å². The average Bonchev–Trinajstić information content (AvgIpc) is 2.97. The van der Waals surface area contributed by atoms with Crippen LogP contribution >= 0.6 is 0 Å². The third-order valence-electron chi connectivity index (χ3n) is 7.02. The fourth-order valence-electron chi connectivity index (χ4n) is 4.67. The number of aromatic nitrogens is 2. The summed E-state index contributed by atoms with van der Waals surface area (Å²) in [6.45, 7) is 7.60. The van der Waals surface area contributed by atoms with Crippen molar-refractivity contribution in [3.8, 4) is 28.4 Å². The van der Waals surface area contributed by atoms with Gasteiger partial charge in [0.05, 0.1) is 24.4 Å². The summed E-state index contributed by atoms with van der Waals surface area (Å²) in [5.74, 6) is 3.00. The van der Waals surface area contributed by atoms with Crippen LogP contribution in [0.25, 0.3) is 22.0 Å². The predicted octanol–water partition coefficient (Wildman–Crippen LogP) is 7.17. The molecule has 4 aromatic rings. The van der Waals surface area contributed by atoms with Gasteiger partial charge in [-0.05, 0) is 68.0 Å². The number of hydrogen-bond donors (Lipinski definition) is 0. The highest BCUT2D eigenvalue weighted by molar-refractivity contribution is 5.90. The molecule has 6 heteroatoms. The summed E-state index contributed by atoms with van der Waals surface area (Å²) in [7, 11) is 0. The molecule has 5 rings (SSSR count). The van der Waals surface area contributed by atoms with Gasteiger partial charge in [-0.25, -0.2) is 4.98 Å². The monoisotopic (exact) mass is 512 g/mol. The molecule has 0 radical (unpaired) electrons. The lowest BCUT2D eigenvalue weighted by molar-refractivity contribution is 0.0497. The maximum Gasteiger partial charge on any atom is 0.133 e. The normalized spacial score (nSPS) is 13.9. The molecule has 6 nitrogen and oxygen atoms in total. The van der Waals surface area contributed by atoms with Gasteiger partial charge in [0.2, 0.25) is 0 Å². The second-order valence-electron chi connectivity index (χ2n) is 9.82. The molecule has 2 aromatic heterocycles. The first-order valence-electron chi connectivity index (χ1n) is 13.6. The molecular formula is C32H36N2O4. The number of hydrogen-bond acceptors (Lipinski definition) is 6. The zero-order valence-corrected chi connectivity index (χ0v) is 22.3. The van der Waals surface area contributed by atoms with Crippen LogP contribution < -0.4 is 14.2 Å². The Morgan fingerprint density at radius 3 is 2.55 bits per heavy atom. The van der Waals surface area contributed by atoms with Gasteiger partial charge in [0, 0.05) is 48.2 Å². The molecule has 1 fully saturated rings.